The third-order valence-electron chi connectivity index (χ3n) is 6.32. The maximum atomic E-state index is 13.0. The normalized spacial score (nSPS) is 23.2. The molecule has 2 aliphatic heterocycles. The Kier molecular flexibility index (Phi) is 7.74. The molecule has 3 rings (SSSR count). The number of ether oxygens (including phenoxy) is 1. The maximum absolute atomic E-state index is 13.0. The van der Waals surface area contributed by atoms with Gasteiger partial charge in [-0.25, -0.2) is 0 Å². The fourth-order valence-corrected chi connectivity index (χ4v) is 4.37. The molecule has 1 fully saturated rings. The minimum atomic E-state index is -4.42. The molecule has 0 bridgehead atoms. The smallest absolute Gasteiger partial charge is 0.381 e. The second-order valence-electron chi connectivity index (χ2n) is 8.47. The second-order valence-corrected chi connectivity index (χ2v) is 8.47. The highest BCUT2D eigenvalue weighted by Gasteiger charge is 2.33. The van der Waals surface area contributed by atoms with Crippen LogP contribution in [0.5, 0.6) is 0 Å². The van der Waals surface area contributed by atoms with Gasteiger partial charge in [-0.3, -0.25) is 9.78 Å². The van der Waals surface area contributed by atoms with Crippen LogP contribution in [0.3, 0.4) is 0 Å². The van der Waals surface area contributed by atoms with Gasteiger partial charge in [-0.15, -0.1) is 0 Å². The molecule has 2 unspecified atom stereocenters. The van der Waals surface area contributed by atoms with Crippen LogP contribution in [0.25, 0.3) is 0 Å². The molecule has 1 aromatic heterocycles. The van der Waals surface area contributed by atoms with Crippen LogP contribution in [0.1, 0.15) is 56.4 Å². The number of aromatic nitrogens is 1. The molecule has 1 N–H and O–H groups in total. The van der Waals surface area contributed by atoms with Crippen molar-refractivity contribution in [3.05, 3.63) is 29.1 Å². The molecule has 1 saturated heterocycles. The van der Waals surface area contributed by atoms with Crippen molar-refractivity contribution in [2.75, 3.05) is 26.3 Å². The van der Waals surface area contributed by atoms with Crippen LogP contribution in [0.2, 0.25) is 0 Å². The van der Waals surface area contributed by atoms with Crippen molar-refractivity contribution in [3.8, 4) is 0 Å². The van der Waals surface area contributed by atoms with Crippen molar-refractivity contribution in [1.29, 1.82) is 0 Å². The Morgan fingerprint density at radius 2 is 2.23 bits per heavy atom. The lowest BCUT2D eigenvalue weighted by atomic mass is 9.93. The number of fused-ring (bicyclic) bond motifs is 1. The number of carbonyl (C=O) groups is 1. The largest absolute Gasteiger partial charge is 0.417 e. The highest BCUT2D eigenvalue weighted by molar-refractivity contribution is 5.78. The Hall–Kier alpha value is -1.67. The number of nitrogens with zero attached hydrogens (tertiary/aromatic N) is 2. The van der Waals surface area contributed by atoms with Gasteiger partial charge in [0, 0.05) is 50.0 Å². The second kappa shape index (κ2) is 10.1. The van der Waals surface area contributed by atoms with Crippen LogP contribution in [0, 0.1) is 11.8 Å². The van der Waals surface area contributed by atoms with E-state index in [0.717, 1.165) is 57.7 Å². The van der Waals surface area contributed by atoms with Crippen LogP contribution in [0.4, 0.5) is 13.2 Å². The van der Waals surface area contributed by atoms with E-state index in [1.165, 1.54) is 0 Å². The van der Waals surface area contributed by atoms with Gasteiger partial charge >= 0.3 is 6.18 Å². The van der Waals surface area contributed by atoms with Crippen molar-refractivity contribution in [2.45, 2.75) is 64.7 Å². The summed E-state index contributed by atoms with van der Waals surface area (Å²) < 4.78 is 44.4. The first-order valence-corrected chi connectivity index (χ1v) is 10.9. The van der Waals surface area contributed by atoms with E-state index in [1.54, 1.807) is 4.90 Å². The number of halogens is 3. The van der Waals surface area contributed by atoms with Crippen LogP contribution in [-0.4, -0.2) is 48.1 Å². The van der Waals surface area contributed by atoms with Crippen LogP contribution < -0.4 is 5.32 Å². The lowest BCUT2D eigenvalue weighted by Crippen LogP contribution is -2.43. The summed E-state index contributed by atoms with van der Waals surface area (Å²) >= 11 is 0. The van der Waals surface area contributed by atoms with Crippen molar-refractivity contribution >= 4 is 5.91 Å². The molecule has 0 aliphatic carbocycles. The molecule has 8 heteroatoms. The standard InChI is InChI=1S/C22H32F3N3O2/c1-3-16-14-30-10-7-20(16)26-8-4-5-15(2)21(29)28-9-6-19-17(13-28)11-18(12-27-19)22(23,24)25/h11-12,15-16,20,26H,3-10,13-14H2,1-2H3/t15-,16?,20?/m1/s1. The summed E-state index contributed by atoms with van der Waals surface area (Å²) in [6.45, 7) is 7.26. The molecule has 0 spiro atoms. The van der Waals surface area contributed by atoms with Gasteiger partial charge in [0.25, 0.3) is 0 Å². The molecule has 3 atom stereocenters. The Morgan fingerprint density at radius 1 is 1.43 bits per heavy atom. The molecule has 1 aromatic rings. The molecule has 5 nitrogen and oxygen atoms in total. The molecule has 30 heavy (non-hydrogen) atoms. The van der Waals surface area contributed by atoms with Crippen molar-refractivity contribution in [3.63, 3.8) is 0 Å². The van der Waals surface area contributed by atoms with E-state index in [-0.39, 0.29) is 18.4 Å². The lowest BCUT2D eigenvalue weighted by molar-refractivity contribution is -0.137. The first kappa shape index (κ1) is 23.0. The minimum absolute atomic E-state index is 0.00978. The zero-order valence-electron chi connectivity index (χ0n) is 17.8. The number of alkyl halides is 3. The molecule has 0 radical (unpaired) electrons. The maximum Gasteiger partial charge on any atom is 0.417 e. The SMILES string of the molecule is CCC1COCCC1NCCC[C@@H](C)C(=O)N1CCc2ncc(C(F)(F)F)cc2C1. The van der Waals surface area contributed by atoms with Gasteiger partial charge in [0.05, 0.1) is 12.2 Å². The van der Waals surface area contributed by atoms with E-state index in [4.69, 9.17) is 4.74 Å². The molecule has 168 valence electrons. The first-order chi connectivity index (χ1) is 14.3. The summed E-state index contributed by atoms with van der Waals surface area (Å²) in [4.78, 5) is 18.5. The fraction of sp³-hybridized carbons (Fsp3) is 0.727. The quantitative estimate of drug-likeness (QED) is 0.673. The highest BCUT2D eigenvalue weighted by Crippen LogP contribution is 2.31. The number of amides is 1. The molecule has 1 amide bonds. The van der Waals surface area contributed by atoms with Crippen LogP contribution >= 0.6 is 0 Å². The summed E-state index contributed by atoms with van der Waals surface area (Å²) in [7, 11) is 0. The molecule has 3 heterocycles. The summed E-state index contributed by atoms with van der Waals surface area (Å²) in [6.07, 6.45) is 0.724. The Balaban J connectivity index is 1.47. The average Bonchev–Trinajstić information content (AvgIpc) is 2.74. The van der Waals surface area contributed by atoms with Gasteiger partial charge in [-0.05, 0) is 49.8 Å². The van der Waals surface area contributed by atoms with Gasteiger partial charge in [-0.2, -0.15) is 13.2 Å². The van der Waals surface area contributed by atoms with Gasteiger partial charge in [0.1, 0.15) is 0 Å². The summed E-state index contributed by atoms with van der Waals surface area (Å²) in [5, 5.41) is 3.61. The van der Waals surface area contributed by atoms with E-state index in [0.29, 0.717) is 36.2 Å². The number of nitrogens with one attached hydrogen (secondary N) is 1. The monoisotopic (exact) mass is 427 g/mol. The predicted octanol–water partition coefficient (Wildman–Crippen LogP) is 3.81. The highest BCUT2D eigenvalue weighted by atomic mass is 19.4. The Labute approximate surface area is 176 Å². The van der Waals surface area contributed by atoms with Gasteiger partial charge < -0.3 is 15.0 Å². The van der Waals surface area contributed by atoms with E-state index in [9.17, 15) is 18.0 Å². The zero-order valence-corrected chi connectivity index (χ0v) is 17.8. The van der Waals surface area contributed by atoms with Crippen molar-refractivity contribution < 1.29 is 22.7 Å². The third kappa shape index (κ3) is 5.72. The van der Waals surface area contributed by atoms with Crippen LogP contribution in [-0.2, 0) is 28.7 Å². The average molecular weight is 428 g/mol. The number of pyridine rings is 1. The lowest BCUT2D eigenvalue weighted by Gasteiger charge is -2.32. The van der Waals surface area contributed by atoms with Crippen molar-refractivity contribution in [2.24, 2.45) is 11.8 Å². The number of rotatable bonds is 7. The Morgan fingerprint density at radius 3 is 2.97 bits per heavy atom. The minimum Gasteiger partial charge on any atom is -0.381 e. The first-order valence-electron chi connectivity index (χ1n) is 10.9. The van der Waals surface area contributed by atoms with E-state index >= 15 is 0 Å². The van der Waals surface area contributed by atoms with E-state index in [1.807, 2.05) is 6.92 Å². The molecule has 0 aromatic carbocycles. The fourth-order valence-electron chi connectivity index (χ4n) is 4.37. The third-order valence-corrected chi connectivity index (χ3v) is 6.32. The number of hydrogen-bond donors (Lipinski definition) is 1. The molecular formula is C22H32F3N3O2. The van der Waals surface area contributed by atoms with Gasteiger partial charge in [0.15, 0.2) is 0 Å². The molecular weight excluding hydrogens is 395 g/mol. The topological polar surface area (TPSA) is 54.5 Å². The Bertz CT molecular complexity index is 726. The number of carbonyl (C=O) groups excluding carboxylic acids is 1. The van der Waals surface area contributed by atoms with E-state index < -0.39 is 11.7 Å². The van der Waals surface area contributed by atoms with Crippen LogP contribution in [0.15, 0.2) is 12.3 Å². The molecule has 2 aliphatic rings. The molecule has 0 saturated carbocycles. The van der Waals surface area contributed by atoms with Gasteiger partial charge in [0.2, 0.25) is 5.91 Å². The predicted molar refractivity (Wildman–Crippen MR) is 108 cm³/mol. The summed E-state index contributed by atoms with van der Waals surface area (Å²) in [5.41, 5.74) is 0.405. The van der Waals surface area contributed by atoms with E-state index in [2.05, 4.69) is 17.2 Å². The summed E-state index contributed by atoms with van der Waals surface area (Å²) in [5.74, 6) is 0.403. The number of hydrogen-bond acceptors (Lipinski definition) is 4. The zero-order chi connectivity index (χ0) is 21.7. The summed E-state index contributed by atoms with van der Waals surface area (Å²) in [6, 6.07) is 1.61. The van der Waals surface area contributed by atoms with Gasteiger partial charge in [-0.1, -0.05) is 13.8 Å². The van der Waals surface area contributed by atoms with Crippen molar-refractivity contribution in [1.82, 2.24) is 15.2 Å².